The van der Waals surface area contributed by atoms with Crippen LogP contribution < -0.4 is 0 Å². The zero-order chi connectivity index (χ0) is 9.19. The Kier molecular flexibility index (Phi) is 2.46. The topological polar surface area (TPSA) is 25.8 Å². The van der Waals surface area contributed by atoms with E-state index in [1.165, 1.54) is 0 Å². The fraction of sp³-hybridized carbons (Fsp3) is 0.600. The molecule has 0 amide bonds. The van der Waals surface area contributed by atoms with Crippen LogP contribution >= 0.6 is 0 Å². The third-order valence-corrected chi connectivity index (χ3v) is 2.59. The van der Waals surface area contributed by atoms with E-state index < -0.39 is 0 Å². The van der Waals surface area contributed by atoms with Gasteiger partial charge in [-0.2, -0.15) is 0 Å². The van der Waals surface area contributed by atoms with Gasteiger partial charge in [-0.15, -0.1) is 0 Å². The van der Waals surface area contributed by atoms with Gasteiger partial charge in [0.05, 0.1) is 0 Å². The zero-order valence-electron chi connectivity index (χ0n) is 8.20. The molecule has 1 heterocycles. The van der Waals surface area contributed by atoms with Crippen LogP contribution in [0, 0.1) is 5.92 Å². The molecular formula is C10H16N2. The van der Waals surface area contributed by atoms with Crippen LogP contribution in [0.25, 0.3) is 0 Å². The normalized spacial score (nSPS) is 12.1. The SMILES string of the molecule is CC(C)C(C)(C)c1ncccn1. The smallest absolute Gasteiger partial charge is 0.134 e. The number of rotatable bonds is 2. The Hall–Kier alpha value is -0.920. The third-order valence-electron chi connectivity index (χ3n) is 2.59. The van der Waals surface area contributed by atoms with Crippen LogP contribution in [0.5, 0.6) is 0 Å². The lowest BCUT2D eigenvalue weighted by Gasteiger charge is -2.26. The lowest BCUT2D eigenvalue weighted by Crippen LogP contribution is -2.26. The average molecular weight is 164 g/mol. The average Bonchev–Trinajstić information content (AvgIpc) is 2.06. The number of aromatic nitrogens is 2. The molecule has 0 saturated heterocycles. The van der Waals surface area contributed by atoms with E-state index in [1.807, 2.05) is 6.07 Å². The number of hydrogen-bond donors (Lipinski definition) is 0. The Morgan fingerprint density at radius 2 is 1.67 bits per heavy atom. The molecule has 0 bridgehead atoms. The molecule has 0 aliphatic heterocycles. The first kappa shape index (κ1) is 9.17. The Balaban J connectivity index is 2.98. The lowest BCUT2D eigenvalue weighted by atomic mass is 9.80. The lowest BCUT2D eigenvalue weighted by molar-refractivity contribution is 0.351. The number of hydrogen-bond acceptors (Lipinski definition) is 2. The summed E-state index contributed by atoms with van der Waals surface area (Å²) in [4.78, 5) is 8.52. The van der Waals surface area contributed by atoms with Crippen molar-refractivity contribution in [2.75, 3.05) is 0 Å². The van der Waals surface area contributed by atoms with Gasteiger partial charge in [0.25, 0.3) is 0 Å². The Labute approximate surface area is 74.1 Å². The molecule has 2 heteroatoms. The molecule has 0 unspecified atom stereocenters. The highest BCUT2D eigenvalue weighted by molar-refractivity contribution is 5.04. The predicted octanol–water partition coefficient (Wildman–Crippen LogP) is 2.41. The molecule has 66 valence electrons. The highest BCUT2D eigenvalue weighted by Gasteiger charge is 2.27. The summed E-state index contributed by atoms with van der Waals surface area (Å²) in [7, 11) is 0. The summed E-state index contributed by atoms with van der Waals surface area (Å²) in [6.45, 7) is 8.73. The fourth-order valence-electron chi connectivity index (χ4n) is 0.890. The molecule has 0 spiro atoms. The Morgan fingerprint density at radius 1 is 1.17 bits per heavy atom. The number of nitrogens with zero attached hydrogens (tertiary/aromatic N) is 2. The van der Waals surface area contributed by atoms with Crippen molar-refractivity contribution in [3.63, 3.8) is 0 Å². The second-order valence-corrected chi connectivity index (χ2v) is 3.95. The fourth-order valence-corrected chi connectivity index (χ4v) is 0.890. The van der Waals surface area contributed by atoms with Crippen LogP contribution in [-0.2, 0) is 5.41 Å². The maximum absolute atomic E-state index is 4.26. The molecule has 0 radical (unpaired) electrons. The van der Waals surface area contributed by atoms with E-state index in [9.17, 15) is 0 Å². The van der Waals surface area contributed by atoms with Crippen molar-refractivity contribution in [2.45, 2.75) is 33.1 Å². The predicted molar refractivity (Wildman–Crippen MR) is 49.9 cm³/mol. The van der Waals surface area contributed by atoms with Gasteiger partial charge < -0.3 is 0 Å². The molecule has 0 fully saturated rings. The molecule has 1 aromatic rings. The molecular weight excluding hydrogens is 148 g/mol. The molecule has 0 saturated carbocycles. The highest BCUT2D eigenvalue weighted by Crippen LogP contribution is 2.27. The zero-order valence-corrected chi connectivity index (χ0v) is 8.20. The minimum atomic E-state index is 0.0707. The molecule has 1 aromatic heterocycles. The van der Waals surface area contributed by atoms with Crippen LogP contribution in [0.4, 0.5) is 0 Å². The van der Waals surface area contributed by atoms with E-state index in [2.05, 4.69) is 37.7 Å². The van der Waals surface area contributed by atoms with Crippen molar-refractivity contribution < 1.29 is 0 Å². The van der Waals surface area contributed by atoms with Crippen molar-refractivity contribution in [1.29, 1.82) is 0 Å². The van der Waals surface area contributed by atoms with Gasteiger partial charge in [0.15, 0.2) is 0 Å². The van der Waals surface area contributed by atoms with Gasteiger partial charge in [0, 0.05) is 17.8 Å². The van der Waals surface area contributed by atoms with Crippen molar-refractivity contribution in [3.05, 3.63) is 24.3 Å². The first-order valence-corrected chi connectivity index (χ1v) is 4.32. The summed E-state index contributed by atoms with van der Waals surface area (Å²) >= 11 is 0. The Bertz CT molecular complexity index is 239. The first-order valence-electron chi connectivity index (χ1n) is 4.32. The molecule has 2 nitrogen and oxygen atoms in total. The van der Waals surface area contributed by atoms with E-state index in [0.29, 0.717) is 5.92 Å². The second-order valence-electron chi connectivity index (χ2n) is 3.95. The summed E-state index contributed by atoms with van der Waals surface area (Å²) in [5.74, 6) is 1.49. The van der Waals surface area contributed by atoms with Gasteiger partial charge in [0.1, 0.15) is 5.82 Å². The first-order chi connectivity index (χ1) is 5.55. The molecule has 0 aliphatic rings. The molecule has 0 aliphatic carbocycles. The molecule has 0 N–H and O–H groups in total. The third kappa shape index (κ3) is 1.63. The van der Waals surface area contributed by atoms with Gasteiger partial charge in [-0.25, -0.2) is 9.97 Å². The van der Waals surface area contributed by atoms with Crippen molar-refractivity contribution in [2.24, 2.45) is 5.92 Å². The Morgan fingerprint density at radius 3 is 2.08 bits per heavy atom. The van der Waals surface area contributed by atoms with Crippen LogP contribution in [0.3, 0.4) is 0 Å². The second kappa shape index (κ2) is 3.21. The largest absolute Gasteiger partial charge is 0.241 e. The van der Waals surface area contributed by atoms with Gasteiger partial charge >= 0.3 is 0 Å². The van der Waals surface area contributed by atoms with E-state index >= 15 is 0 Å². The monoisotopic (exact) mass is 164 g/mol. The minimum absolute atomic E-state index is 0.0707. The van der Waals surface area contributed by atoms with Crippen LogP contribution in [0.1, 0.15) is 33.5 Å². The van der Waals surface area contributed by atoms with Gasteiger partial charge in [-0.3, -0.25) is 0 Å². The van der Waals surface area contributed by atoms with E-state index in [0.717, 1.165) is 5.82 Å². The molecule has 0 atom stereocenters. The standard InChI is InChI=1S/C10H16N2/c1-8(2)10(3,4)9-11-6-5-7-12-9/h5-8H,1-4H3. The quantitative estimate of drug-likeness (QED) is 0.670. The summed E-state index contributed by atoms with van der Waals surface area (Å²) in [6.07, 6.45) is 3.60. The van der Waals surface area contributed by atoms with E-state index in [-0.39, 0.29) is 5.41 Å². The molecule has 12 heavy (non-hydrogen) atoms. The highest BCUT2D eigenvalue weighted by atomic mass is 14.9. The molecule has 0 aromatic carbocycles. The summed E-state index contributed by atoms with van der Waals surface area (Å²) in [5.41, 5.74) is 0.0707. The van der Waals surface area contributed by atoms with Gasteiger partial charge in [-0.1, -0.05) is 27.7 Å². The van der Waals surface area contributed by atoms with Crippen LogP contribution in [0.2, 0.25) is 0 Å². The van der Waals surface area contributed by atoms with Crippen molar-refractivity contribution in [3.8, 4) is 0 Å². The van der Waals surface area contributed by atoms with Gasteiger partial charge in [0.2, 0.25) is 0 Å². The maximum atomic E-state index is 4.26. The summed E-state index contributed by atoms with van der Waals surface area (Å²) < 4.78 is 0. The van der Waals surface area contributed by atoms with Crippen molar-refractivity contribution >= 4 is 0 Å². The minimum Gasteiger partial charge on any atom is -0.241 e. The molecule has 1 rings (SSSR count). The van der Waals surface area contributed by atoms with Gasteiger partial charge in [-0.05, 0) is 12.0 Å². The van der Waals surface area contributed by atoms with E-state index in [1.54, 1.807) is 12.4 Å². The van der Waals surface area contributed by atoms with E-state index in [4.69, 9.17) is 0 Å². The maximum Gasteiger partial charge on any atom is 0.134 e. The van der Waals surface area contributed by atoms with Crippen LogP contribution in [0.15, 0.2) is 18.5 Å². The van der Waals surface area contributed by atoms with Crippen molar-refractivity contribution in [1.82, 2.24) is 9.97 Å². The summed E-state index contributed by atoms with van der Waals surface area (Å²) in [6, 6.07) is 1.85. The summed E-state index contributed by atoms with van der Waals surface area (Å²) in [5, 5.41) is 0. The van der Waals surface area contributed by atoms with Crippen LogP contribution in [-0.4, -0.2) is 9.97 Å².